The number of fused-ring (bicyclic) bond motifs is 1. The summed E-state index contributed by atoms with van der Waals surface area (Å²) in [6.07, 6.45) is 1.90. The lowest BCUT2D eigenvalue weighted by Crippen LogP contribution is -2.61. The number of guanidine groups is 1. The van der Waals surface area contributed by atoms with Gasteiger partial charge in [-0.1, -0.05) is 109 Å². The first-order valence-electron chi connectivity index (χ1n) is 21.5. The fourth-order valence-electron chi connectivity index (χ4n) is 8.76. The molecule has 330 valence electrons. The summed E-state index contributed by atoms with van der Waals surface area (Å²) in [4.78, 5) is 83.3. The van der Waals surface area contributed by atoms with Crippen LogP contribution in [-0.2, 0) is 30.4 Å². The van der Waals surface area contributed by atoms with Gasteiger partial charge in [0.1, 0.15) is 24.2 Å². The van der Waals surface area contributed by atoms with Crippen LogP contribution in [0.15, 0.2) is 121 Å². The van der Waals surface area contributed by atoms with Crippen molar-refractivity contribution in [2.45, 2.75) is 87.5 Å². The molecule has 0 bridgehead atoms. The molecule has 5 amide bonds. The summed E-state index contributed by atoms with van der Waals surface area (Å²) in [7, 11) is 0. The van der Waals surface area contributed by atoms with Gasteiger partial charge in [-0.3, -0.25) is 34.2 Å². The van der Waals surface area contributed by atoms with Gasteiger partial charge < -0.3 is 42.3 Å². The van der Waals surface area contributed by atoms with Crippen molar-refractivity contribution in [2.24, 2.45) is 11.7 Å². The fraction of sp³-hybridized carbons (Fsp3) is 0.354. The zero-order valence-electron chi connectivity index (χ0n) is 35.1. The molecule has 6 atom stereocenters. The number of carbonyl (C=O) groups is 6. The number of hydrogen-bond acceptors (Lipinski definition) is 7. The summed E-state index contributed by atoms with van der Waals surface area (Å²) < 4.78 is 0. The number of carboxylic acids is 1. The van der Waals surface area contributed by atoms with E-state index < -0.39 is 66.1 Å². The van der Waals surface area contributed by atoms with Crippen molar-refractivity contribution in [3.63, 3.8) is 0 Å². The van der Waals surface area contributed by atoms with Crippen LogP contribution in [-0.4, -0.2) is 94.8 Å². The van der Waals surface area contributed by atoms with Crippen LogP contribution in [0.1, 0.15) is 77.9 Å². The lowest BCUT2D eigenvalue weighted by Gasteiger charge is -2.39. The summed E-state index contributed by atoms with van der Waals surface area (Å²) >= 11 is 0. The molecular weight excluding hydrogens is 801 g/mol. The van der Waals surface area contributed by atoms with Gasteiger partial charge in [0.15, 0.2) is 5.96 Å². The van der Waals surface area contributed by atoms with E-state index in [9.17, 15) is 33.9 Å². The maximum Gasteiger partial charge on any atom is 0.305 e. The SMILES string of the molecule is N=C(N)NCCC[C@H](NC(=O)[C@@H]1C[C@@H](Cc2ccccc2)[C@@H]2CCC(NC(=O)c3ccccc3)C(=O)N12)C(=O)N[C@@H](CC(=O)O)C(=O)NCCC(c1ccccc1)c1ccccc1. The Kier molecular flexibility index (Phi) is 16.0. The molecule has 2 fully saturated rings. The molecule has 1 unspecified atom stereocenters. The molecule has 0 saturated carbocycles. The Morgan fingerprint density at radius 1 is 0.730 bits per heavy atom. The standard InChI is InChI=1S/C48H56N8O7/c49-48(50)52-26-13-22-37(45(61)55-39(30-42(57)58)44(60)51-27-25-36(32-16-7-2-8-17-32)33-18-9-3-10-19-33)53-46(62)41-29-35(28-31-14-5-1-6-15-31)40-24-23-38(47(63)56(40)41)54-43(59)34-20-11-4-12-21-34/h1-12,14-21,35-41H,13,22-30H2,(H,51,60)(H,53,62)(H,54,59)(H,55,61)(H,57,58)(H4,49,50,52)/t35-,37+,38?,39+,40+,41+/m1/s1. The van der Waals surface area contributed by atoms with Crippen molar-refractivity contribution in [1.82, 2.24) is 31.5 Å². The van der Waals surface area contributed by atoms with E-state index in [1.807, 2.05) is 91.0 Å². The Bertz CT molecular complexity index is 2160. The van der Waals surface area contributed by atoms with Crippen molar-refractivity contribution in [3.05, 3.63) is 144 Å². The molecule has 4 aromatic rings. The lowest BCUT2D eigenvalue weighted by atomic mass is 9.86. The fourth-order valence-corrected chi connectivity index (χ4v) is 8.76. The Labute approximate surface area is 367 Å². The first kappa shape index (κ1) is 45.5. The summed E-state index contributed by atoms with van der Waals surface area (Å²) in [5, 5.41) is 31.1. The molecular formula is C48H56N8O7. The summed E-state index contributed by atoms with van der Waals surface area (Å²) in [6.45, 7) is 0.371. The highest BCUT2D eigenvalue weighted by Crippen LogP contribution is 2.39. The molecule has 0 radical (unpaired) electrons. The molecule has 63 heavy (non-hydrogen) atoms. The number of nitrogens with two attached hydrogens (primary N) is 1. The number of piperidine rings is 1. The highest BCUT2D eigenvalue weighted by molar-refractivity contribution is 5.99. The van der Waals surface area contributed by atoms with Crippen molar-refractivity contribution >= 4 is 41.5 Å². The Balaban J connectivity index is 1.18. The molecule has 0 aromatic heterocycles. The number of rotatable bonds is 20. The maximum absolute atomic E-state index is 14.5. The van der Waals surface area contributed by atoms with Crippen molar-refractivity contribution in [3.8, 4) is 0 Å². The monoisotopic (exact) mass is 856 g/mol. The van der Waals surface area contributed by atoms with Crippen LogP contribution >= 0.6 is 0 Å². The summed E-state index contributed by atoms with van der Waals surface area (Å²) in [5.41, 5.74) is 9.02. The number of nitrogens with one attached hydrogen (secondary N) is 6. The van der Waals surface area contributed by atoms with Gasteiger partial charge in [-0.05, 0) is 79.7 Å². The number of benzene rings is 4. The Hall–Kier alpha value is -7.03. The molecule has 6 rings (SSSR count). The Morgan fingerprint density at radius 3 is 1.94 bits per heavy atom. The van der Waals surface area contributed by atoms with Crippen molar-refractivity contribution < 1.29 is 33.9 Å². The number of carboxylic acid groups (broad SMARTS) is 1. The van der Waals surface area contributed by atoms with E-state index in [0.29, 0.717) is 37.7 Å². The van der Waals surface area contributed by atoms with Gasteiger partial charge in [-0.25, -0.2) is 0 Å². The third-order valence-electron chi connectivity index (χ3n) is 11.8. The number of amides is 5. The van der Waals surface area contributed by atoms with Crippen LogP contribution in [0.25, 0.3) is 0 Å². The number of carbonyl (C=O) groups excluding carboxylic acids is 5. The Morgan fingerprint density at radius 2 is 1.33 bits per heavy atom. The summed E-state index contributed by atoms with van der Waals surface area (Å²) in [5.74, 6) is -4.62. The predicted molar refractivity (Wildman–Crippen MR) is 237 cm³/mol. The van der Waals surface area contributed by atoms with E-state index in [-0.39, 0.29) is 49.8 Å². The first-order valence-corrected chi connectivity index (χ1v) is 21.5. The zero-order valence-corrected chi connectivity index (χ0v) is 35.1. The minimum Gasteiger partial charge on any atom is -0.481 e. The highest BCUT2D eigenvalue weighted by atomic mass is 16.4. The predicted octanol–water partition coefficient (Wildman–Crippen LogP) is 3.45. The molecule has 4 aromatic carbocycles. The average Bonchev–Trinajstić information content (AvgIpc) is 3.66. The largest absolute Gasteiger partial charge is 0.481 e. The second-order valence-electron chi connectivity index (χ2n) is 16.1. The van der Waals surface area contributed by atoms with Gasteiger partial charge in [0.25, 0.3) is 5.91 Å². The van der Waals surface area contributed by atoms with Gasteiger partial charge in [-0.2, -0.15) is 0 Å². The minimum absolute atomic E-state index is 0.0302. The number of aliphatic carboxylic acids is 1. The molecule has 9 N–H and O–H groups in total. The summed E-state index contributed by atoms with van der Waals surface area (Å²) in [6, 6.07) is 33.1. The van der Waals surface area contributed by atoms with E-state index in [1.54, 1.807) is 35.2 Å². The molecule has 2 aliphatic rings. The smallest absolute Gasteiger partial charge is 0.305 e. The van der Waals surface area contributed by atoms with Crippen LogP contribution in [0.2, 0.25) is 0 Å². The molecule has 2 heterocycles. The number of nitrogens with zero attached hydrogens (tertiary/aromatic N) is 1. The van der Waals surface area contributed by atoms with E-state index in [2.05, 4.69) is 26.6 Å². The molecule has 15 heteroatoms. The molecule has 2 aliphatic heterocycles. The molecule has 2 saturated heterocycles. The maximum atomic E-state index is 14.5. The van der Waals surface area contributed by atoms with Crippen LogP contribution in [0.4, 0.5) is 0 Å². The van der Waals surface area contributed by atoms with E-state index in [0.717, 1.165) is 16.7 Å². The lowest BCUT2D eigenvalue weighted by molar-refractivity contribution is -0.145. The zero-order chi connectivity index (χ0) is 44.7. The van der Waals surface area contributed by atoms with E-state index in [1.165, 1.54) is 0 Å². The van der Waals surface area contributed by atoms with Gasteiger partial charge >= 0.3 is 5.97 Å². The average molecular weight is 857 g/mol. The quantitative estimate of drug-likeness (QED) is 0.0369. The third-order valence-corrected chi connectivity index (χ3v) is 11.8. The van der Waals surface area contributed by atoms with Crippen LogP contribution < -0.4 is 32.3 Å². The second kappa shape index (κ2) is 22.2. The van der Waals surface area contributed by atoms with Gasteiger partial charge in [0.05, 0.1) is 6.42 Å². The van der Waals surface area contributed by atoms with Crippen LogP contribution in [0, 0.1) is 11.3 Å². The van der Waals surface area contributed by atoms with Gasteiger partial charge in [0, 0.05) is 30.6 Å². The first-order chi connectivity index (χ1) is 30.5. The molecule has 0 spiro atoms. The van der Waals surface area contributed by atoms with Crippen molar-refractivity contribution in [2.75, 3.05) is 13.1 Å². The van der Waals surface area contributed by atoms with Crippen LogP contribution in [0.3, 0.4) is 0 Å². The topological polar surface area (TPSA) is 236 Å². The normalized spacial score (nSPS) is 18.9. The van der Waals surface area contributed by atoms with Gasteiger partial charge in [-0.15, -0.1) is 0 Å². The van der Waals surface area contributed by atoms with Gasteiger partial charge in [0.2, 0.25) is 23.6 Å². The van der Waals surface area contributed by atoms with Crippen molar-refractivity contribution in [1.29, 1.82) is 5.41 Å². The van der Waals surface area contributed by atoms with E-state index >= 15 is 0 Å². The highest BCUT2D eigenvalue weighted by Gasteiger charge is 2.51. The molecule has 15 nitrogen and oxygen atoms in total. The minimum atomic E-state index is -1.47. The number of hydrogen-bond donors (Lipinski definition) is 8. The third kappa shape index (κ3) is 12.5. The van der Waals surface area contributed by atoms with E-state index in [4.69, 9.17) is 11.1 Å². The molecule has 0 aliphatic carbocycles. The second-order valence-corrected chi connectivity index (χ2v) is 16.1. The van der Waals surface area contributed by atoms with Crippen LogP contribution in [0.5, 0.6) is 0 Å².